The predicted octanol–water partition coefficient (Wildman–Crippen LogP) is 5.91. The van der Waals surface area contributed by atoms with Gasteiger partial charge in [-0.1, -0.05) is 72.8 Å². The van der Waals surface area contributed by atoms with Crippen LogP contribution in [0.15, 0.2) is 70.6 Å². The van der Waals surface area contributed by atoms with Crippen molar-refractivity contribution >= 4 is 45.0 Å². The van der Waals surface area contributed by atoms with Crippen LogP contribution < -0.4 is 5.56 Å². The van der Waals surface area contributed by atoms with Gasteiger partial charge in [0, 0.05) is 17.3 Å². The van der Waals surface area contributed by atoms with Gasteiger partial charge in [-0.3, -0.25) is 9.36 Å². The predicted molar refractivity (Wildman–Crippen MR) is 115 cm³/mol. The summed E-state index contributed by atoms with van der Waals surface area (Å²) in [5.74, 6) is 0.754. The summed E-state index contributed by atoms with van der Waals surface area (Å²) in [7, 11) is 0. The highest BCUT2D eigenvalue weighted by molar-refractivity contribution is 7.98. The molecule has 0 unspecified atom stereocenters. The normalized spacial score (nSPS) is 11.3. The lowest BCUT2D eigenvalue weighted by molar-refractivity contribution is 0.585. The maximum atomic E-state index is 12.9. The molecule has 0 aliphatic carbocycles. The highest BCUT2D eigenvalue weighted by Gasteiger charge is 2.12. The third kappa shape index (κ3) is 3.60. The molecule has 0 saturated carbocycles. The van der Waals surface area contributed by atoms with E-state index in [1.807, 2.05) is 6.07 Å². The number of thioether (sulfide) groups is 1. The number of rotatable bonds is 5. The van der Waals surface area contributed by atoms with Crippen LogP contribution in [-0.4, -0.2) is 9.55 Å². The Morgan fingerprint density at radius 1 is 1.04 bits per heavy atom. The molecule has 136 valence electrons. The number of benzene rings is 3. The molecule has 1 aromatic heterocycles. The van der Waals surface area contributed by atoms with Crippen molar-refractivity contribution in [2.24, 2.45) is 0 Å². The first-order chi connectivity index (χ1) is 13.2. The van der Waals surface area contributed by atoms with Crippen LogP contribution in [0.3, 0.4) is 0 Å². The Balaban J connectivity index is 1.76. The average Bonchev–Trinajstić information content (AvgIpc) is 2.68. The Hall–Kier alpha value is -2.30. The van der Waals surface area contributed by atoms with Gasteiger partial charge in [0.15, 0.2) is 5.16 Å². The molecule has 0 aliphatic heterocycles. The molecule has 0 atom stereocenters. The monoisotopic (exact) mass is 394 g/mol. The minimum atomic E-state index is -0.000985. The molecular formula is C22H19ClN2OS. The van der Waals surface area contributed by atoms with E-state index in [4.69, 9.17) is 16.6 Å². The molecule has 0 bridgehead atoms. The van der Waals surface area contributed by atoms with Crippen molar-refractivity contribution in [3.05, 3.63) is 81.6 Å². The smallest absolute Gasteiger partial charge is 0.262 e. The summed E-state index contributed by atoms with van der Waals surface area (Å²) in [6.07, 6.45) is 0.877. The van der Waals surface area contributed by atoms with E-state index in [0.717, 1.165) is 17.3 Å². The minimum absolute atomic E-state index is 0.000985. The van der Waals surface area contributed by atoms with Gasteiger partial charge in [-0.15, -0.1) is 0 Å². The second kappa shape index (κ2) is 7.75. The standard InChI is InChI=1S/C22H19ClN2OS/c1-2-12-25-21(26)19-11-10-17(23)13-20(19)24-22(25)27-14-16-8-5-7-15-6-3-4-9-18(15)16/h3-11,13H,2,12,14H2,1H3. The lowest BCUT2D eigenvalue weighted by Gasteiger charge is -2.13. The second-order valence-electron chi connectivity index (χ2n) is 6.44. The largest absolute Gasteiger partial charge is 0.287 e. The summed E-state index contributed by atoms with van der Waals surface area (Å²) in [6, 6.07) is 19.9. The molecule has 4 rings (SSSR count). The van der Waals surface area contributed by atoms with E-state index in [0.29, 0.717) is 22.5 Å². The van der Waals surface area contributed by atoms with Gasteiger partial charge in [-0.05, 0) is 41.0 Å². The van der Waals surface area contributed by atoms with Crippen LogP contribution in [0.5, 0.6) is 0 Å². The van der Waals surface area contributed by atoms with Crippen LogP contribution in [0.2, 0.25) is 5.02 Å². The van der Waals surface area contributed by atoms with E-state index in [1.165, 1.54) is 16.3 Å². The third-order valence-corrected chi connectivity index (χ3v) is 5.83. The van der Waals surface area contributed by atoms with Gasteiger partial charge in [-0.2, -0.15) is 0 Å². The highest BCUT2D eigenvalue weighted by atomic mass is 35.5. The number of fused-ring (bicyclic) bond motifs is 2. The number of hydrogen-bond donors (Lipinski definition) is 0. The number of halogens is 1. The fourth-order valence-corrected chi connectivity index (χ4v) is 4.46. The number of aromatic nitrogens is 2. The van der Waals surface area contributed by atoms with E-state index in [-0.39, 0.29) is 5.56 Å². The Bertz CT molecular complexity index is 1180. The molecule has 1 heterocycles. The van der Waals surface area contributed by atoms with Crippen molar-refractivity contribution < 1.29 is 0 Å². The first-order valence-corrected chi connectivity index (χ1v) is 10.3. The highest BCUT2D eigenvalue weighted by Crippen LogP contribution is 2.27. The van der Waals surface area contributed by atoms with E-state index in [2.05, 4.69) is 43.3 Å². The van der Waals surface area contributed by atoms with Crippen LogP contribution in [0, 0.1) is 0 Å². The van der Waals surface area contributed by atoms with E-state index in [9.17, 15) is 4.79 Å². The maximum absolute atomic E-state index is 12.9. The second-order valence-corrected chi connectivity index (χ2v) is 7.82. The molecule has 0 N–H and O–H groups in total. The van der Waals surface area contributed by atoms with Gasteiger partial charge in [0.1, 0.15) is 0 Å². The zero-order chi connectivity index (χ0) is 18.8. The van der Waals surface area contributed by atoms with E-state index in [1.54, 1.807) is 34.5 Å². The molecule has 5 heteroatoms. The van der Waals surface area contributed by atoms with Gasteiger partial charge in [-0.25, -0.2) is 4.98 Å². The van der Waals surface area contributed by atoms with Crippen molar-refractivity contribution in [3.8, 4) is 0 Å². The summed E-state index contributed by atoms with van der Waals surface area (Å²) < 4.78 is 1.78. The Morgan fingerprint density at radius 2 is 1.85 bits per heavy atom. The maximum Gasteiger partial charge on any atom is 0.262 e. The summed E-state index contributed by atoms with van der Waals surface area (Å²) in [4.78, 5) is 17.7. The number of nitrogens with zero attached hydrogens (tertiary/aromatic N) is 2. The lowest BCUT2D eigenvalue weighted by Crippen LogP contribution is -2.23. The first-order valence-electron chi connectivity index (χ1n) is 8.97. The fourth-order valence-electron chi connectivity index (χ4n) is 3.27. The fraction of sp³-hybridized carbons (Fsp3) is 0.182. The molecule has 0 aliphatic rings. The molecule has 27 heavy (non-hydrogen) atoms. The molecule has 3 nitrogen and oxygen atoms in total. The minimum Gasteiger partial charge on any atom is -0.287 e. The van der Waals surface area contributed by atoms with Gasteiger partial charge >= 0.3 is 0 Å². The van der Waals surface area contributed by atoms with Crippen molar-refractivity contribution in [2.75, 3.05) is 0 Å². The van der Waals surface area contributed by atoms with Crippen molar-refractivity contribution in [3.63, 3.8) is 0 Å². The summed E-state index contributed by atoms with van der Waals surface area (Å²) in [5, 5.41) is 4.40. The summed E-state index contributed by atoms with van der Waals surface area (Å²) >= 11 is 7.71. The van der Waals surface area contributed by atoms with E-state index < -0.39 is 0 Å². The lowest BCUT2D eigenvalue weighted by atomic mass is 10.1. The van der Waals surface area contributed by atoms with Gasteiger partial charge in [0.05, 0.1) is 10.9 Å². The van der Waals surface area contributed by atoms with Gasteiger partial charge < -0.3 is 0 Å². The van der Waals surface area contributed by atoms with Crippen molar-refractivity contribution in [1.29, 1.82) is 0 Å². The van der Waals surface area contributed by atoms with Crippen LogP contribution >= 0.6 is 23.4 Å². The first kappa shape index (κ1) is 18.1. The topological polar surface area (TPSA) is 34.9 Å². The van der Waals surface area contributed by atoms with Crippen LogP contribution in [0.1, 0.15) is 18.9 Å². The molecule has 3 aromatic carbocycles. The van der Waals surface area contributed by atoms with E-state index >= 15 is 0 Å². The quantitative estimate of drug-likeness (QED) is 0.312. The molecule has 0 fully saturated rings. The third-order valence-electron chi connectivity index (χ3n) is 4.57. The Morgan fingerprint density at radius 3 is 2.70 bits per heavy atom. The Labute approximate surface area is 167 Å². The molecule has 0 radical (unpaired) electrons. The van der Waals surface area contributed by atoms with Gasteiger partial charge in [0.2, 0.25) is 0 Å². The van der Waals surface area contributed by atoms with Gasteiger partial charge in [0.25, 0.3) is 5.56 Å². The average molecular weight is 395 g/mol. The molecule has 0 spiro atoms. The summed E-state index contributed by atoms with van der Waals surface area (Å²) in [5.41, 5.74) is 1.89. The molecule has 0 saturated heterocycles. The van der Waals surface area contributed by atoms with Crippen LogP contribution in [-0.2, 0) is 12.3 Å². The zero-order valence-corrected chi connectivity index (χ0v) is 16.6. The van der Waals surface area contributed by atoms with Crippen molar-refractivity contribution in [2.45, 2.75) is 30.8 Å². The molecule has 0 amide bonds. The Kier molecular flexibility index (Phi) is 5.19. The van der Waals surface area contributed by atoms with Crippen LogP contribution in [0.4, 0.5) is 0 Å². The molecule has 4 aromatic rings. The summed E-state index contributed by atoms with van der Waals surface area (Å²) in [6.45, 7) is 2.72. The SMILES string of the molecule is CCCn1c(SCc2cccc3ccccc23)nc2cc(Cl)ccc2c1=O. The van der Waals surface area contributed by atoms with Crippen molar-refractivity contribution in [1.82, 2.24) is 9.55 Å². The van der Waals surface area contributed by atoms with Crippen LogP contribution in [0.25, 0.3) is 21.7 Å². The number of hydrogen-bond acceptors (Lipinski definition) is 3. The zero-order valence-electron chi connectivity index (χ0n) is 15.0. The molecular weight excluding hydrogens is 376 g/mol.